The lowest BCUT2D eigenvalue weighted by Crippen LogP contribution is -2.21. The van der Waals surface area contributed by atoms with Crippen molar-refractivity contribution in [1.29, 1.82) is 0 Å². The molecule has 0 saturated heterocycles. The molecule has 0 aliphatic rings. The van der Waals surface area contributed by atoms with Gasteiger partial charge in [-0.2, -0.15) is 0 Å². The van der Waals surface area contributed by atoms with Crippen LogP contribution in [0.2, 0.25) is 10.0 Å². The summed E-state index contributed by atoms with van der Waals surface area (Å²) in [7, 11) is 0. The Balaban J connectivity index is 1.99. The molecule has 1 amide bonds. The molecule has 1 N–H and O–H groups in total. The first kappa shape index (κ1) is 15.7. The van der Waals surface area contributed by atoms with Crippen molar-refractivity contribution in [3.63, 3.8) is 0 Å². The second kappa shape index (κ2) is 6.83. The van der Waals surface area contributed by atoms with Gasteiger partial charge in [-0.3, -0.25) is 4.79 Å². The van der Waals surface area contributed by atoms with E-state index in [-0.39, 0.29) is 12.5 Å². The first-order valence-electron chi connectivity index (χ1n) is 6.41. The number of aryl methyl sites for hydroxylation is 2. The van der Waals surface area contributed by atoms with E-state index in [4.69, 9.17) is 27.9 Å². The third kappa shape index (κ3) is 4.13. The summed E-state index contributed by atoms with van der Waals surface area (Å²) in [6, 6.07) is 10.7. The summed E-state index contributed by atoms with van der Waals surface area (Å²) in [4.78, 5) is 12.0. The third-order valence-electron chi connectivity index (χ3n) is 3.00. The number of halogens is 2. The Labute approximate surface area is 133 Å². The van der Waals surface area contributed by atoms with E-state index in [0.29, 0.717) is 15.8 Å². The largest absolute Gasteiger partial charge is 0.482 e. The van der Waals surface area contributed by atoms with Gasteiger partial charge in [-0.15, -0.1) is 0 Å². The van der Waals surface area contributed by atoms with Gasteiger partial charge in [0.25, 0.3) is 5.91 Å². The van der Waals surface area contributed by atoms with Crippen molar-refractivity contribution in [2.45, 2.75) is 13.8 Å². The van der Waals surface area contributed by atoms with Crippen LogP contribution in [0, 0.1) is 13.8 Å². The lowest BCUT2D eigenvalue weighted by Gasteiger charge is -2.12. The second-order valence-electron chi connectivity index (χ2n) is 4.68. The van der Waals surface area contributed by atoms with Crippen LogP contribution >= 0.6 is 23.2 Å². The highest BCUT2D eigenvalue weighted by Gasteiger charge is 2.09. The maximum Gasteiger partial charge on any atom is 0.262 e. The number of carbonyl (C=O) groups is 1. The van der Waals surface area contributed by atoms with Crippen LogP contribution in [0.1, 0.15) is 11.1 Å². The average Bonchev–Trinajstić information content (AvgIpc) is 2.42. The summed E-state index contributed by atoms with van der Waals surface area (Å²) in [5, 5.41) is 3.74. The Morgan fingerprint density at radius 3 is 2.43 bits per heavy atom. The number of carbonyl (C=O) groups excluding carboxylic acids is 1. The highest BCUT2D eigenvalue weighted by Crippen LogP contribution is 2.27. The Morgan fingerprint density at radius 2 is 1.81 bits per heavy atom. The van der Waals surface area contributed by atoms with Gasteiger partial charge in [-0.1, -0.05) is 41.4 Å². The normalized spacial score (nSPS) is 10.3. The van der Waals surface area contributed by atoms with Crippen molar-refractivity contribution >= 4 is 34.8 Å². The summed E-state index contributed by atoms with van der Waals surface area (Å²) < 4.78 is 5.40. The third-order valence-corrected chi connectivity index (χ3v) is 3.53. The molecule has 2 rings (SSSR count). The molecule has 110 valence electrons. The average molecular weight is 324 g/mol. The van der Waals surface area contributed by atoms with E-state index in [1.165, 1.54) is 0 Å². The summed E-state index contributed by atoms with van der Waals surface area (Å²) in [6.45, 7) is 3.77. The topological polar surface area (TPSA) is 38.3 Å². The van der Waals surface area contributed by atoms with Gasteiger partial charge < -0.3 is 10.1 Å². The highest BCUT2D eigenvalue weighted by atomic mass is 35.5. The van der Waals surface area contributed by atoms with E-state index in [0.717, 1.165) is 16.8 Å². The SMILES string of the molecule is Cc1cccc(C)c1NC(=O)COc1ccc(Cl)cc1Cl. The van der Waals surface area contributed by atoms with Gasteiger partial charge in [0.15, 0.2) is 6.61 Å². The zero-order valence-corrected chi connectivity index (χ0v) is 13.3. The van der Waals surface area contributed by atoms with Crippen molar-refractivity contribution in [3.05, 3.63) is 57.6 Å². The van der Waals surface area contributed by atoms with Crippen LogP contribution < -0.4 is 10.1 Å². The fourth-order valence-corrected chi connectivity index (χ4v) is 2.39. The molecule has 0 aliphatic carbocycles. The predicted octanol–water partition coefficient (Wildman–Crippen LogP) is 4.63. The lowest BCUT2D eigenvalue weighted by molar-refractivity contribution is -0.118. The van der Waals surface area contributed by atoms with Gasteiger partial charge in [0, 0.05) is 10.7 Å². The number of rotatable bonds is 4. The fraction of sp³-hybridized carbons (Fsp3) is 0.188. The van der Waals surface area contributed by atoms with Crippen LogP contribution in [0.5, 0.6) is 5.75 Å². The lowest BCUT2D eigenvalue weighted by atomic mass is 10.1. The molecule has 0 heterocycles. The minimum absolute atomic E-state index is 0.116. The maximum atomic E-state index is 12.0. The number of hydrogen-bond donors (Lipinski definition) is 1. The van der Waals surface area contributed by atoms with E-state index in [1.54, 1.807) is 18.2 Å². The van der Waals surface area contributed by atoms with Crippen molar-refractivity contribution in [3.8, 4) is 5.75 Å². The first-order chi connectivity index (χ1) is 9.97. The van der Waals surface area contributed by atoms with Gasteiger partial charge >= 0.3 is 0 Å². The molecule has 21 heavy (non-hydrogen) atoms. The maximum absolute atomic E-state index is 12.0. The van der Waals surface area contributed by atoms with Crippen LogP contribution in [0.3, 0.4) is 0 Å². The Morgan fingerprint density at radius 1 is 1.14 bits per heavy atom. The van der Waals surface area contributed by atoms with Crippen LogP contribution in [-0.2, 0) is 4.79 Å². The summed E-state index contributed by atoms with van der Waals surface area (Å²) in [5.74, 6) is 0.191. The van der Waals surface area contributed by atoms with Gasteiger partial charge in [0.05, 0.1) is 5.02 Å². The van der Waals surface area contributed by atoms with E-state index in [2.05, 4.69) is 5.32 Å². The van der Waals surface area contributed by atoms with Crippen LogP contribution in [0.25, 0.3) is 0 Å². The monoisotopic (exact) mass is 323 g/mol. The molecule has 0 saturated carbocycles. The molecule has 0 aliphatic heterocycles. The van der Waals surface area contributed by atoms with Crippen molar-refractivity contribution in [1.82, 2.24) is 0 Å². The van der Waals surface area contributed by atoms with Gasteiger partial charge in [0.1, 0.15) is 5.75 Å². The number of anilines is 1. The molecule has 0 spiro atoms. The first-order valence-corrected chi connectivity index (χ1v) is 7.17. The van der Waals surface area contributed by atoms with E-state index in [9.17, 15) is 4.79 Å². The quantitative estimate of drug-likeness (QED) is 0.890. The molecule has 5 heteroatoms. The van der Waals surface area contributed by atoms with Crippen LogP contribution in [0.4, 0.5) is 5.69 Å². The number of nitrogens with one attached hydrogen (secondary N) is 1. The smallest absolute Gasteiger partial charge is 0.262 e. The molecule has 2 aromatic carbocycles. The number of para-hydroxylation sites is 1. The Bertz CT molecular complexity index is 651. The second-order valence-corrected chi connectivity index (χ2v) is 5.52. The summed E-state index contributed by atoms with van der Waals surface area (Å²) >= 11 is 11.8. The van der Waals surface area contributed by atoms with Gasteiger partial charge in [-0.25, -0.2) is 0 Å². The van der Waals surface area contributed by atoms with Crippen molar-refractivity contribution in [2.75, 3.05) is 11.9 Å². The number of hydrogen-bond acceptors (Lipinski definition) is 2. The molecule has 0 fully saturated rings. The number of amides is 1. The summed E-state index contributed by atoms with van der Waals surface area (Å²) in [5.41, 5.74) is 2.83. The molecular weight excluding hydrogens is 309 g/mol. The zero-order chi connectivity index (χ0) is 15.4. The fourth-order valence-electron chi connectivity index (χ4n) is 1.92. The molecule has 0 aromatic heterocycles. The molecule has 3 nitrogen and oxygen atoms in total. The standard InChI is InChI=1S/C16H15Cl2NO2/c1-10-4-3-5-11(2)16(10)19-15(20)9-21-14-7-6-12(17)8-13(14)18/h3-8H,9H2,1-2H3,(H,19,20). The molecule has 0 unspecified atom stereocenters. The highest BCUT2D eigenvalue weighted by molar-refractivity contribution is 6.35. The van der Waals surface area contributed by atoms with Gasteiger partial charge in [0.2, 0.25) is 0 Å². The molecule has 0 radical (unpaired) electrons. The van der Waals surface area contributed by atoms with Gasteiger partial charge in [-0.05, 0) is 43.2 Å². The molecule has 0 bridgehead atoms. The Hall–Kier alpha value is -1.71. The van der Waals surface area contributed by atoms with E-state index < -0.39 is 0 Å². The summed E-state index contributed by atoms with van der Waals surface area (Å²) in [6.07, 6.45) is 0. The molecule has 0 atom stereocenters. The minimum Gasteiger partial charge on any atom is -0.482 e. The minimum atomic E-state index is -0.238. The predicted molar refractivity (Wildman–Crippen MR) is 86.5 cm³/mol. The molecular formula is C16H15Cl2NO2. The number of benzene rings is 2. The van der Waals surface area contributed by atoms with Crippen LogP contribution in [-0.4, -0.2) is 12.5 Å². The zero-order valence-electron chi connectivity index (χ0n) is 11.7. The Kier molecular flexibility index (Phi) is 5.10. The molecule has 2 aromatic rings. The number of ether oxygens (including phenoxy) is 1. The van der Waals surface area contributed by atoms with E-state index in [1.807, 2.05) is 32.0 Å². The van der Waals surface area contributed by atoms with Crippen molar-refractivity contribution in [2.24, 2.45) is 0 Å². The van der Waals surface area contributed by atoms with Crippen LogP contribution in [0.15, 0.2) is 36.4 Å². The van der Waals surface area contributed by atoms with Crippen molar-refractivity contribution < 1.29 is 9.53 Å². The van der Waals surface area contributed by atoms with E-state index >= 15 is 0 Å².